The van der Waals surface area contributed by atoms with Crippen LogP contribution in [0.1, 0.15) is 47.5 Å². The van der Waals surface area contributed by atoms with Gasteiger partial charge in [-0.05, 0) is 32.1 Å². The lowest BCUT2D eigenvalue weighted by molar-refractivity contribution is -0.132. The van der Waals surface area contributed by atoms with Gasteiger partial charge in [0, 0.05) is 25.7 Å². The van der Waals surface area contributed by atoms with Gasteiger partial charge in [0.05, 0.1) is 31.2 Å². The minimum atomic E-state index is -0.898. The van der Waals surface area contributed by atoms with Crippen LogP contribution in [0.2, 0.25) is 0 Å². The summed E-state index contributed by atoms with van der Waals surface area (Å²) in [5.41, 5.74) is 4.53. The molecule has 158 valence electrons. The Bertz CT molecular complexity index is 624. The van der Waals surface area contributed by atoms with E-state index >= 15 is 0 Å². The van der Waals surface area contributed by atoms with E-state index in [9.17, 15) is 14.9 Å². The summed E-state index contributed by atoms with van der Waals surface area (Å²) >= 11 is 0. The molecule has 0 spiro atoms. The number of nitrogens with one attached hydrogen (secondary N) is 1. The number of carbonyl (C=O) groups excluding carboxylic acids is 2. The molecule has 0 saturated carbocycles. The molecular weight excluding hydrogens is 358 g/mol. The number of carbonyl (C=O) groups is 2. The molecule has 2 fully saturated rings. The molecule has 2 heterocycles. The van der Waals surface area contributed by atoms with Crippen molar-refractivity contribution in [3.8, 4) is 6.07 Å². The number of urea groups is 1. The fraction of sp³-hybridized carbons (Fsp3) is 0.850. The number of hydrogen-bond acceptors (Lipinski definition) is 5. The van der Waals surface area contributed by atoms with Gasteiger partial charge in [-0.1, -0.05) is 20.8 Å². The molecule has 0 aliphatic carbocycles. The molecule has 2 saturated heterocycles. The van der Waals surface area contributed by atoms with Crippen molar-refractivity contribution >= 4 is 11.9 Å². The van der Waals surface area contributed by atoms with Crippen molar-refractivity contribution in [2.24, 2.45) is 17.1 Å². The Morgan fingerprint density at radius 2 is 2.04 bits per heavy atom. The van der Waals surface area contributed by atoms with Crippen LogP contribution >= 0.6 is 0 Å². The second-order valence-electron chi connectivity index (χ2n) is 9.54. The van der Waals surface area contributed by atoms with Crippen LogP contribution < -0.4 is 11.1 Å². The summed E-state index contributed by atoms with van der Waals surface area (Å²) in [6, 6.07) is 1.69. The molecule has 3 amide bonds. The summed E-state index contributed by atoms with van der Waals surface area (Å²) in [6.45, 7) is 12.7. The Balaban J connectivity index is 2.24. The smallest absolute Gasteiger partial charge is 0.315 e. The van der Waals surface area contributed by atoms with Gasteiger partial charge in [-0.15, -0.1) is 0 Å². The molecule has 0 radical (unpaired) electrons. The van der Waals surface area contributed by atoms with Gasteiger partial charge in [0.25, 0.3) is 0 Å². The highest BCUT2D eigenvalue weighted by Crippen LogP contribution is 2.31. The minimum Gasteiger partial charge on any atom is -0.377 e. The zero-order valence-electron chi connectivity index (χ0n) is 17.8. The van der Waals surface area contributed by atoms with E-state index in [-0.39, 0.29) is 17.9 Å². The number of ether oxygens (including phenoxy) is 1. The maximum atomic E-state index is 13.4. The number of nitriles is 1. The molecule has 8 nitrogen and oxygen atoms in total. The van der Waals surface area contributed by atoms with Gasteiger partial charge in [0.2, 0.25) is 5.91 Å². The summed E-state index contributed by atoms with van der Waals surface area (Å²) in [7, 11) is 0. The lowest BCUT2D eigenvalue weighted by Crippen LogP contribution is -2.60. The zero-order chi connectivity index (χ0) is 21.1. The van der Waals surface area contributed by atoms with E-state index in [1.807, 2.05) is 0 Å². The highest BCUT2D eigenvalue weighted by Gasteiger charge is 2.45. The number of morpholine rings is 1. The molecule has 0 bridgehead atoms. The van der Waals surface area contributed by atoms with E-state index in [0.29, 0.717) is 38.6 Å². The number of nitrogens with zero attached hydrogens (tertiary/aromatic N) is 3. The van der Waals surface area contributed by atoms with Gasteiger partial charge < -0.3 is 20.7 Å². The molecule has 0 aromatic carbocycles. The first-order chi connectivity index (χ1) is 13.0. The second kappa shape index (κ2) is 8.66. The Kier molecular flexibility index (Phi) is 6.94. The Hall–Kier alpha value is -1.85. The van der Waals surface area contributed by atoms with Gasteiger partial charge in [0.1, 0.15) is 5.54 Å². The van der Waals surface area contributed by atoms with Crippen molar-refractivity contribution in [1.29, 1.82) is 5.26 Å². The molecule has 0 aromatic rings. The number of hydrogen-bond donors (Lipinski definition) is 2. The molecule has 2 aliphatic rings. The number of primary amides is 1. The van der Waals surface area contributed by atoms with Crippen molar-refractivity contribution in [2.75, 3.05) is 32.8 Å². The van der Waals surface area contributed by atoms with Crippen LogP contribution in [0.15, 0.2) is 0 Å². The summed E-state index contributed by atoms with van der Waals surface area (Å²) in [6.07, 6.45) is 1.16. The fourth-order valence-electron chi connectivity index (χ4n) is 4.12. The largest absolute Gasteiger partial charge is 0.377 e. The van der Waals surface area contributed by atoms with Gasteiger partial charge >= 0.3 is 6.03 Å². The van der Waals surface area contributed by atoms with E-state index in [0.717, 1.165) is 6.54 Å². The highest BCUT2D eigenvalue weighted by atomic mass is 16.5. The maximum absolute atomic E-state index is 13.4. The Morgan fingerprint density at radius 3 is 2.54 bits per heavy atom. The van der Waals surface area contributed by atoms with Crippen LogP contribution in [0.4, 0.5) is 4.79 Å². The molecule has 3 unspecified atom stereocenters. The lowest BCUT2D eigenvalue weighted by Gasteiger charge is -2.41. The molecule has 28 heavy (non-hydrogen) atoms. The molecule has 3 atom stereocenters. The van der Waals surface area contributed by atoms with Gasteiger partial charge in [0.15, 0.2) is 0 Å². The first-order valence-corrected chi connectivity index (χ1v) is 10.1. The van der Waals surface area contributed by atoms with Crippen LogP contribution in [0.3, 0.4) is 0 Å². The maximum Gasteiger partial charge on any atom is 0.315 e. The summed E-state index contributed by atoms with van der Waals surface area (Å²) < 4.78 is 5.58. The van der Waals surface area contributed by atoms with Crippen LogP contribution in [-0.2, 0) is 9.53 Å². The van der Waals surface area contributed by atoms with Crippen molar-refractivity contribution < 1.29 is 14.3 Å². The van der Waals surface area contributed by atoms with E-state index in [1.165, 1.54) is 4.90 Å². The molecule has 8 heteroatoms. The van der Waals surface area contributed by atoms with Crippen molar-refractivity contribution in [3.05, 3.63) is 0 Å². The van der Waals surface area contributed by atoms with E-state index in [4.69, 9.17) is 10.5 Å². The Labute approximate surface area is 168 Å². The fourth-order valence-corrected chi connectivity index (χ4v) is 4.12. The first-order valence-electron chi connectivity index (χ1n) is 10.1. The summed E-state index contributed by atoms with van der Waals surface area (Å²) in [4.78, 5) is 29.0. The van der Waals surface area contributed by atoms with Crippen molar-refractivity contribution in [1.82, 2.24) is 15.1 Å². The topological polar surface area (TPSA) is 112 Å². The predicted molar refractivity (Wildman–Crippen MR) is 106 cm³/mol. The zero-order valence-corrected chi connectivity index (χ0v) is 17.8. The molecular formula is C20H35N5O3. The van der Waals surface area contributed by atoms with Crippen molar-refractivity contribution in [2.45, 2.75) is 65.1 Å². The van der Waals surface area contributed by atoms with Crippen LogP contribution in [0, 0.1) is 22.7 Å². The van der Waals surface area contributed by atoms with Crippen LogP contribution in [0.5, 0.6) is 0 Å². The number of nitrogens with two attached hydrogens (primary N) is 1. The molecule has 0 aromatic heterocycles. The third kappa shape index (κ3) is 5.36. The third-order valence-electron chi connectivity index (χ3n) is 5.69. The van der Waals surface area contributed by atoms with Gasteiger partial charge in [-0.2, -0.15) is 5.26 Å². The van der Waals surface area contributed by atoms with E-state index < -0.39 is 23.5 Å². The normalized spacial score (nSPS) is 27.5. The first kappa shape index (κ1) is 22.4. The number of rotatable bonds is 5. The monoisotopic (exact) mass is 393 g/mol. The van der Waals surface area contributed by atoms with Crippen LogP contribution in [0.25, 0.3) is 0 Å². The van der Waals surface area contributed by atoms with E-state index in [1.54, 1.807) is 0 Å². The third-order valence-corrected chi connectivity index (χ3v) is 5.69. The molecule has 2 rings (SSSR count). The molecule has 2 aliphatic heterocycles. The number of amides is 3. The average molecular weight is 394 g/mol. The SMILES string of the molecule is CC(C)N1CCC(C#N)(NC(=O)C(CC(C)(C)C)C2COCCN2C(N)=O)C1. The van der Waals surface area contributed by atoms with Gasteiger partial charge in [-0.3, -0.25) is 9.69 Å². The van der Waals surface area contributed by atoms with Gasteiger partial charge in [-0.25, -0.2) is 4.79 Å². The lowest BCUT2D eigenvalue weighted by atomic mass is 9.79. The standard InChI is InChI=1S/C20H35N5O3/c1-14(2)24-7-6-20(12-21,13-24)23-17(26)15(10-19(3,4)5)16-11-28-9-8-25(16)18(22)27/h14-16H,6-11,13H2,1-5H3,(H2,22,27)(H,23,26). The summed E-state index contributed by atoms with van der Waals surface area (Å²) in [5.74, 6) is -0.699. The quantitative estimate of drug-likeness (QED) is 0.731. The Morgan fingerprint density at radius 1 is 1.36 bits per heavy atom. The van der Waals surface area contributed by atoms with E-state index in [2.05, 4.69) is 50.9 Å². The second-order valence-corrected chi connectivity index (χ2v) is 9.54. The van der Waals surface area contributed by atoms with Crippen LogP contribution in [-0.4, -0.2) is 72.2 Å². The summed E-state index contributed by atoms with van der Waals surface area (Å²) in [5, 5.41) is 12.9. The highest BCUT2D eigenvalue weighted by molar-refractivity contribution is 5.82. The average Bonchev–Trinajstić information content (AvgIpc) is 3.04. The number of likely N-dealkylation sites (tertiary alicyclic amines) is 1. The predicted octanol–water partition coefficient (Wildman–Crippen LogP) is 1.31. The minimum absolute atomic E-state index is 0.137. The molecule has 3 N–H and O–H groups in total. The van der Waals surface area contributed by atoms with Crippen molar-refractivity contribution in [3.63, 3.8) is 0 Å².